The number of carbonyl (C=O) groups is 1. The average molecular weight is 539 g/mol. The number of methoxy groups -OCH3 is 1. The van der Waals surface area contributed by atoms with Crippen LogP contribution in [0.1, 0.15) is 42.9 Å². The van der Waals surface area contributed by atoms with Gasteiger partial charge in [-0.15, -0.1) is 0 Å². The average Bonchev–Trinajstić information content (AvgIpc) is 3.52. The summed E-state index contributed by atoms with van der Waals surface area (Å²) in [5, 5.41) is 14.7. The van der Waals surface area contributed by atoms with Crippen LogP contribution in [-0.2, 0) is 4.79 Å². The van der Waals surface area contributed by atoms with Gasteiger partial charge in [0, 0.05) is 29.2 Å². The Bertz CT molecular complexity index is 1530. The van der Waals surface area contributed by atoms with Gasteiger partial charge in [0.1, 0.15) is 17.6 Å². The van der Waals surface area contributed by atoms with Gasteiger partial charge in [0.05, 0.1) is 22.8 Å². The van der Waals surface area contributed by atoms with Crippen LogP contribution in [0.4, 0.5) is 5.82 Å². The molecule has 1 aliphatic rings. The third-order valence-corrected chi connectivity index (χ3v) is 7.27. The molecule has 0 aliphatic heterocycles. The van der Waals surface area contributed by atoms with Gasteiger partial charge in [-0.05, 0) is 48.7 Å². The van der Waals surface area contributed by atoms with Crippen molar-refractivity contribution >= 4 is 46.6 Å². The maximum Gasteiger partial charge on any atom is 0.328 e. The highest BCUT2D eigenvalue weighted by Gasteiger charge is 2.29. The van der Waals surface area contributed by atoms with Crippen molar-refractivity contribution in [1.82, 2.24) is 14.6 Å². The van der Waals surface area contributed by atoms with Crippen molar-refractivity contribution in [1.29, 1.82) is 0 Å². The molecule has 3 N–H and O–H groups in total. The topological polar surface area (TPSA) is 112 Å². The molecule has 0 saturated heterocycles. The standard InChI is InChI=1S/C27H24Cl2N4O4/c1-36-22-12-16(6-10-21(22)37-17-7-9-19(28)20(29)13-17)24-18(8-11-23(34)35)25(15-4-2-3-5-15)33-26(24)27(30)31-14-32-33/h6-15H,2-5H2,1H3,(H,34,35)(H2,30,31,32). The minimum absolute atomic E-state index is 0.225. The van der Waals surface area contributed by atoms with Crippen LogP contribution in [0.15, 0.2) is 48.8 Å². The molecule has 2 aromatic heterocycles. The van der Waals surface area contributed by atoms with Gasteiger partial charge in [-0.2, -0.15) is 5.10 Å². The van der Waals surface area contributed by atoms with E-state index >= 15 is 0 Å². The fourth-order valence-corrected chi connectivity index (χ4v) is 5.22. The lowest BCUT2D eigenvalue weighted by molar-refractivity contribution is -0.131. The maximum absolute atomic E-state index is 11.5. The SMILES string of the molecule is COc1cc(-c2c(C=CC(=O)O)c(C3CCCC3)n3ncnc(N)c23)ccc1Oc1ccc(Cl)c(Cl)c1. The molecule has 8 nitrogen and oxygen atoms in total. The second kappa shape index (κ2) is 10.3. The third kappa shape index (κ3) is 4.82. The number of nitrogen functional groups attached to an aromatic ring is 1. The Morgan fingerprint density at radius 3 is 2.62 bits per heavy atom. The molecule has 1 aliphatic carbocycles. The van der Waals surface area contributed by atoms with Gasteiger partial charge < -0.3 is 20.3 Å². The number of anilines is 1. The van der Waals surface area contributed by atoms with E-state index in [1.54, 1.807) is 37.5 Å². The number of rotatable bonds is 7. The van der Waals surface area contributed by atoms with Crippen LogP contribution < -0.4 is 15.2 Å². The summed E-state index contributed by atoms with van der Waals surface area (Å²) < 4.78 is 13.5. The highest BCUT2D eigenvalue weighted by Crippen LogP contribution is 2.45. The molecule has 0 atom stereocenters. The van der Waals surface area contributed by atoms with Crippen LogP contribution in [0.5, 0.6) is 17.2 Å². The quantitative estimate of drug-likeness (QED) is 0.247. The van der Waals surface area contributed by atoms with Gasteiger partial charge >= 0.3 is 5.97 Å². The molecule has 2 heterocycles. The number of hydrogen-bond donors (Lipinski definition) is 2. The molecule has 1 fully saturated rings. The van der Waals surface area contributed by atoms with Crippen LogP contribution in [-0.4, -0.2) is 32.8 Å². The number of aliphatic carboxylic acids is 1. The van der Waals surface area contributed by atoms with Crippen LogP contribution >= 0.6 is 23.2 Å². The molecule has 190 valence electrons. The molecule has 1 saturated carbocycles. The number of nitrogens with two attached hydrogens (primary N) is 1. The summed E-state index contributed by atoms with van der Waals surface area (Å²) >= 11 is 12.2. The zero-order valence-corrected chi connectivity index (χ0v) is 21.5. The second-order valence-electron chi connectivity index (χ2n) is 8.78. The second-order valence-corrected chi connectivity index (χ2v) is 9.59. The largest absolute Gasteiger partial charge is 0.493 e. The number of benzene rings is 2. The first-order valence-corrected chi connectivity index (χ1v) is 12.5. The number of nitrogens with zero attached hydrogens (tertiary/aromatic N) is 3. The van der Waals surface area contributed by atoms with E-state index in [2.05, 4.69) is 10.1 Å². The number of aromatic nitrogens is 3. The van der Waals surface area contributed by atoms with Crippen molar-refractivity contribution < 1.29 is 19.4 Å². The van der Waals surface area contributed by atoms with Crippen molar-refractivity contribution in [3.05, 3.63) is 70.1 Å². The summed E-state index contributed by atoms with van der Waals surface area (Å²) in [6.45, 7) is 0. The summed E-state index contributed by atoms with van der Waals surface area (Å²) in [5.41, 5.74) is 10.2. The van der Waals surface area contributed by atoms with Gasteiger partial charge in [-0.1, -0.05) is 42.1 Å². The van der Waals surface area contributed by atoms with Gasteiger partial charge in [0.25, 0.3) is 0 Å². The Morgan fingerprint density at radius 1 is 1.14 bits per heavy atom. The van der Waals surface area contributed by atoms with Crippen molar-refractivity contribution in [3.8, 4) is 28.4 Å². The third-order valence-electron chi connectivity index (χ3n) is 6.53. The first kappa shape index (κ1) is 24.9. The Hall–Kier alpha value is -3.75. The van der Waals surface area contributed by atoms with Gasteiger partial charge in [0.2, 0.25) is 0 Å². The molecule has 10 heteroatoms. The van der Waals surface area contributed by atoms with Crippen LogP contribution in [0, 0.1) is 0 Å². The smallest absolute Gasteiger partial charge is 0.328 e. The minimum atomic E-state index is -1.04. The van der Waals surface area contributed by atoms with E-state index in [-0.39, 0.29) is 5.92 Å². The Labute approximate surface area is 223 Å². The van der Waals surface area contributed by atoms with Crippen LogP contribution in [0.25, 0.3) is 22.7 Å². The molecule has 37 heavy (non-hydrogen) atoms. The molecule has 0 spiro atoms. The van der Waals surface area contributed by atoms with E-state index in [4.69, 9.17) is 38.4 Å². The molecule has 0 amide bonds. The van der Waals surface area contributed by atoms with Crippen molar-refractivity contribution in [2.24, 2.45) is 0 Å². The van der Waals surface area contributed by atoms with Crippen molar-refractivity contribution in [2.75, 3.05) is 12.8 Å². The number of fused-ring (bicyclic) bond motifs is 1. The molecule has 0 unspecified atom stereocenters. The predicted octanol–water partition coefficient (Wildman–Crippen LogP) is 6.84. The summed E-state index contributed by atoms with van der Waals surface area (Å²) in [4.78, 5) is 15.7. The number of halogens is 2. The van der Waals surface area contributed by atoms with Gasteiger partial charge in [0.15, 0.2) is 17.3 Å². The highest BCUT2D eigenvalue weighted by atomic mass is 35.5. The fourth-order valence-electron chi connectivity index (χ4n) is 4.94. The van der Waals surface area contributed by atoms with Crippen LogP contribution in [0.2, 0.25) is 10.0 Å². The van der Waals surface area contributed by atoms with Crippen LogP contribution in [0.3, 0.4) is 0 Å². The van der Waals surface area contributed by atoms with E-state index in [0.717, 1.165) is 54.1 Å². The summed E-state index contributed by atoms with van der Waals surface area (Å²) in [6.07, 6.45) is 8.36. The zero-order valence-electron chi connectivity index (χ0n) is 19.9. The number of ether oxygens (including phenoxy) is 2. The number of carboxylic acid groups (broad SMARTS) is 1. The van der Waals surface area contributed by atoms with Crippen molar-refractivity contribution in [3.63, 3.8) is 0 Å². The summed E-state index contributed by atoms with van der Waals surface area (Å²) in [5.74, 6) is 0.920. The fraction of sp³-hybridized carbons (Fsp3) is 0.222. The normalized spacial score (nSPS) is 14.0. The lowest BCUT2D eigenvalue weighted by Crippen LogP contribution is -2.05. The van der Waals surface area contributed by atoms with Crippen molar-refractivity contribution in [2.45, 2.75) is 31.6 Å². The molecule has 2 aromatic carbocycles. The summed E-state index contributed by atoms with van der Waals surface area (Å²) in [7, 11) is 1.55. The first-order valence-electron chi connectivity index (χ1n) is 11.7. The number of carboxylic acids is 1. The molecular formula is C27H24Cl2N4O4. The van der Waals surface area contributed by atoms with E-state index in [1.807, 2.05) is 16.6 Å². The van der Waals surface area contributed by atoms with E-state index < -0.39 is 5.97 Å². The minimum Gasteiger partial charge on any atom is -0.493 e. The van der Waals surface area contributed by atoms with Gasteiger partial charge in [-0.3, -0.25) is 0 Å². The monoisotopic (exact) mass is 538 g/mol. The Morgan fingerprint density at radius 2 is 1.92 bits per heavy atom. The van der Waals surface area contributed by atoms with Gasteiger partial charge in [-0.25, -0.2) is 14.3 Å². The number of hydrogen-bond acceptors (Lipinski definition) is 6. The predicted molar refractivity (Wildman–Crippen MR) is 144 cm³/mol. The molecule has 5 rings (SSSR count). The van der Waals surface area contributed by atoms with E-state index in [1.165, 1.54) is 6.33 Å². The molecular weight excluding hydrogens is 515 g/mol. The molecule has 0 radical (unpaired) electrons. The molecule has 0 bridgehead atoms. The lowest BCUT2D eigenvalue weighted by Gasteiger charge is -2.13. The summed E-state index contributed by atoms with van der Waals surface area (Å²) in [6, 6.07) is 10.5. The highest BCUT2D eigenvalue weighted by molar-refractivity contribution is 6.42. The maximum atomic E-state index is 11.5. The molecule has 4 aromatic rings. The Kier molecular flexibility index (Phi) is 6.95. The first-order chi connectivity index (χ1) is 17.9. The van der Waals surface area contributed by atoms with E-state index in [9.17, 15) is 9.90 Å². The van der Waals surface area contributed by atoms with E-state index in [0.29, 0.717) is 38.6 Å². The Balaban J connectivity index is 1.69. The zero-order chi connectivity index (χ0) is 26.1. The lowest BCUT2D eigenvalue weighted by atomic mass is 9.94.